The quantitative estimate of drug-likeness (QED) is 0.356. The fraction of sp³-hybridized carbons (Fsp3) is 0.250. The molecule has 9 nitrogen and oxygen atoms in total. The van der Waals surface area contributed by atoms with E-state index in [9.17, 15) is 13.5 Å². The van der Waals surface area contributed by atoms with Gasteiger partial charge in [0.15, 0.2) is 5.82 Å². The summed E-state index contributed by atoms with van der Waals surface area (Å²) in [6.45, 7) is 5.15. The fourth-order valence-corrected chi connectivity index (χ4v) is 5.58. The van der Waals surface area contributed by atoms with Crippen LogP contribution >= 0.6 is 0 Å². The highest BCUT2D eigenvalue weighted by molar-refractivity contribution is 7.90. The average Bonchev–Trinajstić information content (AvgIpc) is 3.56. The van der Waals surface area contributed by atoms with Gasteiger partial charge >= 0.3 is 0 Å². The van der Waals surface area contributed by atoms with Crippen LogP contribution in [0.4, 0.5) is 5.95 Å². The molecule has 10 heteroatoms. The van der Waals surface area contributed by atoms with Crippen molar-refractivity contribution in [2.24, 2.45) is 4.99 Å². The lowest BCUT2D eigenvalue weighted by Crippen LogP contribution is -2.38. The maximum absolute atomic E-state index is 13.6. The third kappa shape index (κ3) is 5.32. The summed E-state index contributed by atoms with van der Waals surface area (Å²) in [5.41, 5.74) is 3.17. The normalized spacial score (nSPS) is 15.2. The number of nitrogens with one attached hydrogen (secondary N) is 1. The Bertz CT molecular complexity index is 1520. The summed E-state index contributed by atoms with van der Waals surface area (Å²) >= 11 is 0. The van der Waals surface area contributed by atoms with Crippen LogP contribution in [0.1, 0.15) is 31.2 Å². The molecular weight excluding hydrogens is 500 g/mol. The average molecular weight is 531 g/mol. The van der Waals surface area contributed by atoms with E-state index in [0.29, 0.717) is 31.4 Å². The fourth-order valence-electron chi connectivity index (χ4n) is 4.37. The van der Waals surface area contributed by atoms with Crippen molar-refractivity contribution >= 4 is 21.9 Å². The molecule has 0 amide bonds. The van der Waals surface area contributed by atoms with E-state index in [1.165, 1.54) is 12.1 Å². The Morgan fingerprint density at radius 2 is 1.55 bits per heavy atom. The summed E-state index contributed by atoms with van der Waals surface area (Å²) in [5.74, 6) is 0.592. The first-order valence-corrected chi connectivity index (χ1v) is 13.9. The van der Waals surface area contributed by atoms with Gasteiger partial charge in [-0.3, -0.25) is 10.3 Å². The Morgan fingerprint density at radius 3 is 2.21 bits per heavy atom. The van der Waals surface area contributed by atoms with Gasteiger partial charge < -0.3 is 10.0 Å². The van der Waals surface area contributed by atoms with Crippen LogP contribution in [0.5, 0.6) is 0 Å². The van der Waals surface area contributed by atoms with Crippen molar-refractivity contribution in [1.82, 2.24) is 19.1 Å². The standard InChI is InChI=1S/C28H30N6O3S/c1-20(35)19-33-18-17-29-27(33)31-28-30-26(32-34(28)38(36,37)25-11-7-4-8-12-25)21(2)22-13-15-24(16-14-22)23-9-5-3-6-10-23/h3-16,20-21,35H,17-19H2,1-2H3,(H,29,30,31,32). The summed E-state index contributed by atoms with van der Waals surface area (Å²) in [4.78, 5) is 11.1. The number of hydrogen-bond acceptors (Lipinski definition) is 8. The minimum Gasteiger partial charge on any atom is -0.392 e. The molecule has 196 valence electrons. The highest BCUT2D eigenvalue weighted by Crippen LogP contribution is 2.28. The number of anilines is 1. The number of benzene rings is 3. The zero-order valence-corrected chi connectivity index (χ0v) is 22.1. The molecule has 2 atom stereocenters. The monoisotopic (exact) mass is 530 g/mol. The van der Waals surface area contributed by atoms with Crippen molar-refractivity contribution in [1.29, 1.82) is 0 Å². The van der Waals surface area contributed by atoms with Gasteiger partial charge in [-0.2, -0.15) is 13.4 Å². The van der Waals surface area contributed by atoms with Gasteiger partial charge in [0.05, 0.1) is 17.5 Å². The van der Waals surface area contributed by atoms with Gasteiger partial charge in [0.1, 0.15) is 0 Å². The van der Waals surface area contributed by atoms with Crippen LogP contribution in [0.15, 0.2) is 94.8 Å². The maximum Gasteiger partial charge on any atom is 0.286 e. The van der Waals surface area contributed by atoms with Gasteiger partial charge in [-0.1, -0.05) is 79.7 Å². The van der Waals surface area contributed by atoms with E-state index in [1.54, 1.807) is 25.1 Å². The first-order chi connectivity index (χ1) is 18.3. The first-order valence-electron chi connectivity index (χ1n) is 12.5. The van der Waals surface area contributed by atoms with Crippen LogP contribution in [0.2, 0.25) is 0 Å². The second-order valence-corrected chi connectivity index (χ2v) is 11.1. The highest BCUT2D eigenvalue weighted by Gasteiger charge is 2.29. The summed E-state index contributed by atoms with van der Waals surface area (Å²) in [7, 11) is -4.03. The zero-order valence-electron chi connectivity index (χ0n) is 21.3. The van der Waals surface area contributed by atoms with Crippen molar-refractivity contribution in [2.75, 3.05) is 25.0 Å². The molecule has 1 aromatic heterocycles. The Balaban J connectivity index is 1.50. The third-order valence-electron chi connectivity index (χ3n) is 6.41. The smallest absolute Gasteiger partial charge is 0.286 e. The molecule has 2 N–H and O–H groups in total. The molecule has 2 unspecified atom stereocenters. The van der Waals surface area contributed by atoms with E-state index in [0.717, 1.165) is 20.8 Å². The molecule has 0 saturated carbocycles. The van der Waals surface area contributed by atoms with Crippen molar-refractivity contribution in [3.05, 3.63) is 96.3 Å². The van der Waals surface area contributed by atoms with E-state index in [1.807, 2.05) is 54.3 Å². The van der Waals surface area contributed by atoms with Crippen LogP contribution in [0, 0.1) is 0 Å². The molecule has 3 aromatic carbocycles. The SMILES string of the molecule is CC(O)CN1CCN=C1Nc1nc(C(C)c2ccc(-c3ccccc3)cc2)nn1S(=O)(=O)c1ccccc1. The van der Waals surface area contributed by atoms with E-state index < -0.39 is 16.1 Å². The molecule has 1 aliphatic heterocycles. The van der Waals surface area contributed by atoms with Crippen molar-refractivity contribution in [2.45, 2.75) is 30.8 Å². The van der Waals surface area contributed by atoms with Gasteiger partial charge in [-0.25, -0.2) is 0 Å². The Morgan fingerprint density at radius 1 is 0.921 bits per heavy atom. The van der Waals surface area contributed by atoms with Crippen LogP contribution in [0.25, 0.3) is 11.1 Å². The number of β-amino-alcohol motifs (C(OH)–C–C–N with tert-alkyl or cyclic N) is 1. The zero-order chi connectivity index (χ0) is 26.7. The number of guanidine groups is 1. The Kier molecular flexibility index (Phi) is 7.26. The van der Waals surface area contributed by atoms with Crippen molar-refractivity contribution in [3.63, 3.8) is 0 Å². The Hall–Kier alpha value is -4.02. The lowest BCUT2D eigenvalue weighted by atomic mass is 9.97. The van der Waals surface area contributed by atoms with E-state index >= 15 is 0 Å². The predicted octanol–water partition coefficient (Wildman–Crippen LogP) is 3.80. The number of aliphatic hydroxyl groups is 1. The van der Waals surface area contributed by atoms with Crippen molar-refractivity contribution in [3.8, 4) is 11.1 Å². The molecular formula is C28H30N6O3S. The lowest BCUT2D eigenvalue weighted by Gasteiger charge is -2.22. The second kappa shape index (κ2) is 10.8. The largest absolute Gasteiger partial charge is 0.392 e. The number of aliphatic hydroxyl groups excluding tert-OH is 1. The van der Waals surface area contributed by atoms with Crippen LogP contribution in [-0.2, 0) is 10.0 Å². The third-order valence-corrected chi connectivity index (χ3v) is 7.99. The molecule has 0 radical (unpaired) electrons. The number of aliphatic imine (C=N–C) groups is 1. The van der Waals surface area contributed by atoms with Gasteiger partial charge in [-0.15, -0.1) is 9.19 Å². The molecule has 0 fully saturated rings. The molecule has 0 saturated heterocycles. The lowest BCUT2D eigenvalue weighted by molar-refractivity contribution is 0.163. The summed E-state index contributed by atoms with van der Waals surface area (Å²) < 4.78 is 28.1. The minimum absolute atomic E-state index is 0.0489. The Labute approximate surface area is 222 Å². The van der Waals surface area contributed by atoms with Gasteiger partial charge in [-0.05, 0) is 35.7 Å². The molecule has 4 aromatic rings. The van der Waals surface area contributed by atoms with E-state index in [2.05, 4.69) is 32.5 Å². The van der Waals surface area contributed by atoms with E-state index in [4.69, 9.17) is 0 Å². The van der Waals surface area contributed by atoms with Crippen LogP contribution in [-0.4, -0.2) is 64.3 Å². The van der Waals surface area contributed by atoms with E-state index in [-0.39, 0.29) is 16.8 Å². The van der Waals surface area contributed by atoms with Gasteiger partial charge in [0, 0.05) is 19.0 Å². The predicted molar refractivity (Wildman–Crippen MR) is 148 cm³/mol. The molecule has 1 aliphatic rings. The number of hydrogen-bond donors (Lipinski definition) is 2. The molecule has 2 heterocycles. The number of rotatable bonds is 8. The highest BCUT2D eigenvalue weighted by atomic mass is 32.2. The summed E-state index contributed by atoms with van der Waals surface area (Å²) in [5, 5.41) is 17.4. The first kappa shape index (κ1) is 25.6. The minimum atomic E-state index is -4.03. The maximum atomic E-state index is 13.6. The van der Waals surface area contributed by atoms with Crippen molar-refractivity contribution < 1.29 is 13.5 Å². The number of aromatic nitrogens is 3. The summed E-state index contributed by atoms with van der Waals surface area (Å²) in [6.07, 6.45) is -0.569. The molecule has 0 spiro atoms. The van der Waals surface area contributed by atoms with Crippen LogP contribution in [0.3, 0.4) is 0 Å². The molecule has 38 heavy (non-hydrogen) atoms. The van der Waals surface area contributed by atoms with Crippen LogP contribution < -0.4 is 5.32 Å². The molecule has 0 aliphatic carbocycles. The summed E-state index contributed by atoms with van der Waals surface area (Å²) in [6, 6.07) is 26.3. The molecule has 0 bridgehead atoms. The topological polar surface area (TPSA) is 113 Å². The second-order valence-electron chi connectivity index (χ2n) is 9.29. The molecule has 5 rings (SSSR count). The van der Waals surface area contributed by atoms with Gasteiger partial charge in [0.25, 0.3) is 10.0 Å². The number of nitrogens with zero attached hydrogens (tertiary/aromatic N) is 5. The van der Waals surface area contributed by atoms with Gasteiger partial charge in [0.2, 0.25) is 11.9 Å².